The summed E-state index contributed by atoms with van der Waals surface area (Å²) in [6.45, 7) is 0.101. The summed E-state index contributed by atoms with van der Waals surface area (Å²) in [4.78, 5) is 11.3. The molecule has 0 spiro atoms. The van der Waals surface area contributed by atoms with Crippen molar-refractivity contribution in [1.29, 1.82) is 0 Å². The molecule has 3 heterocycles. The van der Waals surface area contributed by atoms with Crippen LogP contribution in [0.2, 0.25) is 0 Å². The standard InChI is InChI=1S/C9H11N7O2S2/c10-15-7-8(16-1-2-19-9(16)14-7)20(17,18)13-4-6-3-11-5-12-6/h1-3,5,13,15H,4,10H2,(H,11,12). The minimum absolute atomic E-state index is 0.0178. The second kappa shape index (κ2) is 4.86. The van der Waals surface area contributed by atoms with Crippen molar-refractivity contribution in [2.75, 3.05) is 5.43 Å². The minimum Gasteiger partial charge on any atom is -0.347 e. The third-order valence-corrected chi connectivity index (χ3v) is 4.80. The number of anilines is 1. The van der Waals surface area contributed by atoms with Crippen LogP contribution in [-0.2, 0) is 16.6 Å². The molecule has 20 heavy (non-hydrogen) atoms. The van der Waals surface area contributed by atoms with Crippen LogP contribution in [-0.4, -0.2) is 27.8 Å². The molecule has 3 aromatic heterocycles. The Bertz CT molecular complexity index is 818. The van der Waals surface area contributed by atoms with Crippen molar-refractivity contribution in [1.82, 2.24) is 24.1 Å². The van der Waals surface area contributed by atoms with E-state index in [0.717, 1.165) is 0 Å². The maximum atomic E-state index is 12.4. The quantitative estimate of drug-likeness (QED) is 0.384. The van der Waals surface area contributed by atoms with E-state index < -0.39 is 10.0 Å². The van der Waals surface area contributed by atoms with Crippen molar-refractivity contribution in [2.45, 2.75) is 11.6 Å². The number of thiazole rings is 1. The summed E-state index contributed by atoms with van der Waals surface area (Å²) in [5.74, 6) is 5.44. The number of nitrogens with two attached hydrogens (primary N) is 1. The predicted octanol–water partition coefficient (Wildman–Crippen LogP) is -0.117. The van der Waals surface area contributed by atoms with Crippen LogP contribution in [0.25, 0.3) is 4.96 Å². The Morgan fingerprint density at radius 2 is 2.35 bits per heavy atom. The van der Waals surface area contributed by atoms with Gasteiger partial charge in [-0.2, -0.15) is 4.98 Å². The molecule has 0 radical (unpaired) electrons. The number of aromatic amines is 1. The number of nitrogens with zero attached hydrogens (tertiary/aromatic N) is 3. The fourth-order valence-corrected chi connectivity index (χ4v) is 3.76. The highest BCUT2D eigenvalue weighted by molar-refractivity contribution is 7.89. The molecule has 0 aliphatic carbocycles. The Kier molecular flexibility index (Phi) is 3.17. The number of hydrogen-bond donors (Lipinski definition) is 4. The van der Waals surface area contributed by atoms with Crippen molar-refractivity contribution < 1.29 is 8.42 Å². The fraction of sp³-hybridized carbons (Fsp3) is 0.111. The molecule has 11 heteroatoms. The van der Waals surface area contributed by atoms with E-state index in [1.165, 1.54) is 22.1 Å². The first kappa shape index (κ1) is 13.1. The lowest BCUT2D eigenvalue weighted by Gasteiger charge is -2.06. The first-order valence-corrected chi connectivity index (χ1v) is 7.87. The van der Waals surface area contributed by atoms with Crippen LogP contribution in [0.1, 0.15) is 5.69 Å². The van der Waals surface area contributed by atoms with Gasteiger partial charge in [0.15, 0.2) is 10.8 Å². The van der Waals surface area contributed by atoms with Gasteiger partial charge >= 0.3 is 0 Å². The van der Waals surface area contributed by atoms with Gasteiger partial charge in [0.05, 0.1) is 12.9 Å². The van der Waals surface area contributed by atoms with Crippen LogP contribution >= 0.6 is 11.3 Å². The van der Waals surface area contributed by atoms with Gasteiger partial charge in [-0.3, -0.25) is 4.40 Å². The van der Waals surface area contributed by atoms with Gasteiger partial charge in [0.2, 0.25) is 5.03 Å². The average Bonchev–Trinajstić information content (AvgIpc) is 3.11. The number of rotatable bonds is 5. The first-order valence-electron chi connectivity index (χ1n) is 5.51. The van der Waals surface area contributed by atoms with Gasteiger partial charge in [-0.25, -0.2) is 24.0 Å². The molecule has 0 aliphatic heterocycles. The molecule has 0 amide bonds. The summed E-state index contributed by atoms with van der Waals surface area (Å²) in [7, 11) is -3.77. The molecule has 106 valence electrons. The lowest BCUT2D eigenvalue weighted by Crippen LogP contribution is -2.26. The third kappa shape index (κ3) is 2.16. The second-order valence-electron chi connectivity index (χ2n) is 3.87. The van der Waals surface area contributed by atoms with E-state index in [0.29, 0.717) is 10.7 Å². The van der Waals surface area contributed by atoms with Gasteiger partial charge in [0, 0.05) is 23.5 Å². The van der Waals surface area contributed by atoms with E-state index in [1.807, 2.05) is 0 Å². The SMILES string of the molecule is NNc1nc2sccn2c1S(=O)(=O)NCc1cnc[nH]1. The van der Waals surface area contributed by atoms with E-state index in [2.05, 4.69) is 25.1 Å². The summed E-state index contributed by atoms with van der Waals surface area (Å²) in [5.41, 5.74) is 2.96. The highest BCUT2D eigenvalue weighted by Gasteiger charge is 2.25. The Hall–Kier alpha value is -1.95. The lowest BCUT2D eigenvalue weighted by atomic mass is 10.5. The number of nitrogens with one attached hydrogen (secondary N) is 3. The van der Waals surface area contributed by atoms with Crippen molar-refractivity contribution in [3.05, 3.63) is 29.8 Å². The molecular formula is C9H11N7O2S2. The summed E-state index contributed by atoms with van der Waals surface area (Å²) >= 11 is 1.32. The van der Waals surface area contributed by atoms with Crippen molar-refractivity contribution >= 4 is 32.1 Å². The zero-order chi connectivity index (χ0) is 14.2. The number of aromatic nitrogens is 4. The maximum Gasteiger partial charge on any atom is 0.260 e. The Morgan fingerprint density at radius 3 is 3.05 bits per heavy atom. The van der Waals surface area contributed by atoms with Crippen LogP contribution in [0.15, 0.2) is 29.1 Å². The number of hydrazine groups is 1. The van der Waals surface area contributed by atoms with Crippen molar-refractivity contribution in [2.24, 2.45) is 5.84 Å². The number of H-pyrrole nitrogens is 1. The van der Waals surface area contributed by atoms with Crippen molar-refractivity contribution in [3.8, 4) is 0 Å². The molecule has 3 aromatic rings. The molecule has 3 rings (SSSR count). The molecule has 5 N–H and O–H groups in total. The molecule has 0 aromatic carbocycles. The molecule has 0 saturated heterocycles. The summed E-state index contributed by atoms with van der Waals surface area (Å²) in [6.07, 6.45) is 4.65. The normalized spacial score (nSPS) is 12.1. The average molecular weight is 313 g/mol. The van der Waals surface area contributed by atoms with Gasteiger partial charge in [0.25, 0.3) is 10.0 Å². The van der Waals surface area contributed by atoms with Crippen LogP contribution in [0.4, 0.5) is 5.82 Å². The third-order valence-electron chi connectivity index (χ3n) is 2.62. The van der Waals surface area contributed by atoms with E-state index in [9.17, 15) is 8.42 Å². The van der Waals surface area contributed by atoms with Crippen LogP contribution in [0.5, 0.6) is 0 Å². The zero-order valence-corrected chi connectivity index (χ0v) is 11.7. The molecule has 0 bridgehead atoms. The smallest absolute Gasteiger partial charge is 0.260 e. The van der Waals surface area contributed by atoms with Gasteiger partial charge in [0.1, 0.15) is 0 Å². The van der Waals surface area contributed by atoms with Crippen molar-refractivity contribution in [3.63, 3.8) is 0 Å². The highest BCUT2D eigenvalue weighted by atomic mass is 32.2. The van der Waals surface area contributed by atoms with Gasteiger partial charge in [-0.15, -0.1) is 11.3 Å². The predicted molar refractivity (Wildman–Crippen MR) is 73.5 cm³/mol. The van der Waals surface area contributed by atoms with E-state index in [-0.39, 0.29) is 17.4 Å². The maximum absolute atomic E-state index is 12.4. The Labute approximate surface area is 117 Å². The summed E-state index contributed by atoms with van der Waals surface area (Å²) < 4.78 is 28.7. The molecule has 0 fully saturated rings. The minimum atomic E-state index is -3.77. The van der Waals surface area contributed by atoms with Crippen LogP contribution < -0.4 is 16.0 Å². The number of sulfonamides is 1. The van der Waals surface area contributed by atoms with Gasteiger partial charge < -0.3 is 10.4 Å². The molecule has 0 unspecified atom stereocenters. The molecule has 0 aliphatic rings. The van der Waals surface area contributed by atoms with Gasteiger partial charge in [-0.05, 0) is 0 Å². The highest BCUT2D eigenvalue weighted by Crippen LogP contribution is 2.24. The van der Waals surface area contributed by atoms with E-state index in [1.54, 1.807) is 17.8 Å². The first-order chi connectivity index (χ1) is 9.62. The number of nitrogen functional groups attached to an aromatic ring is 1. The van der Waals surface area contributed by atoms with Crippen LogP contribution in [0, 0.1) is 0 Å². The molecule has 0 atom stereocenters. The fourth-order valence-electron chi connectivity index (χ4n) is 1.74. The Morgan fingerprint density at radius 1 is 1.50 bits per heavy atom. The largest absolute Gasteiger partial charge is 0.347 e. The van der Waals surface area contributed by atoms with Crippen LogP contribution in [0.3, 0.4) is 0 Å². The topological polar surface area (TPSA) is 130 Å². The summed E-state index contributed by atoms with van der Waals surface area (Å²) in [6, 6.07) is 0. The van der Waals surface area contributed by atoms with E-state index in [4.69, 9.17) is 5.84 Å². The Balaban J connectivity index is 1.97. The number of fused-ring (bicyclic) bond motifs is 1. The zero-order valence-electron chi connectivity index (χ0n) is 10.1. The monoisotopic (exact) mass is 313 g/mol. The molecular weight excluding hydrogens is 302 g/mol. The number of hydrogen-bond acceptors (Lipinski definition) is 7. The second-order valence-corrected chi connectivity index (χ2v) is 6.42. The lowest BCUT2D eigenvalue weighted by molar-refractivity contribution is 0.576. The molecule has 0 saturated carbocycles. The van der Waals surface area contributed by atoms with E-state index >= 15 is 0 Å². The van der Waals surface area contributed by atoms with Gasteiger partial charge in [-0.1, -0.05) is 0 Å². The molecule has 9 nitrogen and oxygen atoms in total. The summed E-state index contributed by atoms with van der Waals surface area (Å²) in [5, 5.41) is 1.73. The number of imidazole rings is 2.